The van der Waals surface area contributed by atoms with Crippen molar-refractivity contribution in [1.82, 2.24) is 0 Å². The molecule has 8 heteroatoms. The first kappa shape index (κ1) is 19.2. The van der Waals surface area contributed by atoms with E-state index in [0.29, 0.717) is 19.4 Å². The summed E-state index contributed by atoms with van der Waals surface area (Å²) in [7, 11) is -3.83. The zero-order valence-corrected chi connectivity index (χ0v) is 9.85. The van der Waals surface area contributed by atoms with Crippen LogP contribution in [0.1, 0.15) is 12.8 Å². The molecule has 0 spiro atoms. The van der Waals surface area contributed by atoms with Gasteiger partial charge in [-0.15, -0.1) is 24.8 Å². The summed E-state index contributed by atoms with van der Waals surface area (Å²) in [5.41, 5.74) is 10.7. The lowest BCUT2D eigenvalue weighted by Crippen LogP contribution is -2.35. The predicted molar refractivity (Wildman–Crippen MR) is 58.0 cm³/mol. The van der Waals surface area contributed by atoms with Crippen molar-refractivity contribution in [3.05, 3.63) is 0 Å². The van der Waals surface area contributed by atoms with Crippen molar-refractivity contribution >= 4 is 33.6 Å². The molecule has 1 atom stereocenters. The summed E-state index contributed by atoms with van der Waals surface area (Å²) in [5, 5.41) is 0. The molecule has 0 aromatic heterocycles. The van der Waals surface area contributed by atoms with E-state index in [-0.39, 0.29) is 36.9 Å². The Hall–Kier alpha value is 0.597. The molecule has 0 aliphatic carbocycles. The SMILES string of the molecule is Cl.Cl.NCC(N)CCC[Si](O)(O)O. The first-order valence-electron chi connectivity index (χ1n) is 3.58. The Labute approximate surface area is 91.3 Å². The van der Waals surface area contributed by atoms with E-state index in [1.807, 2.05) is 0 Å². The fourth-order valence-corrected chi connectivity index (χ4v) is 1.40. The Morgan fingerprint density at radius 2 is 1.62 bits per heavy atom. The fraction of sp³-hybridized carbons (Fsp3) is 1.00. The highest BCUT2D eigenvalue weighted by atomic mass is 35.5. The summed E-state index contributed by atoms with van der Waals surface area (Å²) < 4.78 is 0. The molecule has 0 fully saturated rings. The maximum absolute atomic E-state index is 8.58. The third kappa shape index (κ3) is 15.4. The summed E-state index contributed by atoms with van der Waals surface area (Å²) in [4.78, 5) is 25.7. The van der Waals surface area contributed by atoms with Gasteiger partial charge >= 0.3 is 8.80 Å². The van der Waals surface area contributed by atoms with E-state index in [0.717, 1.165) is 0 Å². The molecule has 0 bridgehead atoms. The van der Waals surface area contributed by atoms with Crippen molar-refractivity contribution in [2.24, 2.45) is 11.5 Å². The second kappa shape index (κ2) is 9.16. The van der Waals surface area contributed by atoms with Gasteiger partial charge in [0, 0.05) is 18.6 Å². The van der Waals surface area contributed by atoms with Crippen LogP contribution in [-0.4, -0.2) is 35.8 Å². The molecule has 0 amide bonds. The van der Waals surface area contributed by atoms with E-state index < -0.39 is 8.80 Å². The Bertz CT molecular complexity index is 114. The molecule has 13 heavy (non-hydrogen) atoms. The zero-order valence-electron chi connectivity index (χ0n) is 7.22. The molecule has 0 aliphatic rings. The second-order valence-electron chi connectivity index (χ2n) is 2.66. The highest BCUT2D eigenvalue weighted by molar-refractivity contribution is 6.56. The van der Waals surface area contributed by atoms with Gasteiger partial charge in [0.1, 0.15) is 0 Å². The highest BCUT2D eigenvalue weighted by Gasteiger charge is 2.25. The normalized spacial score (nSPS) is 12.7. The van der Waals surface area contributed by atoms with E-state index >= 15 is 0 Å². The molecule has 1 unspecified atom stereocenters. The van der Waals surface area contributed by atoms with Crippen molar-refractivity contribution in [2.45, 2.75) is 24.9 Å². The minimum absolute atomic E-state index is 0. The fourth-order valence-electron chi connectivity index (χ4n) is 0.719. The van der Waals surface area contributed by atoms with Crippen LogP contribution in [0, 0.1) is 0 Å². The van der Waals surface area contributed by atoms with Gasteiger partial charge in [0.25, 0.3) is 0 Å². The molecule has 5 nitrogen and oxygen atoms in total. The Kier molecular flexibility index (Phi) is 13.5. The smallest absolute Gasteiger partial charge is 0.390 e. The van der Waals surface area contributed by atoms with Crippen molar-refractivity contribution in [1.29, 1.82) is 0 Å². The largest absolute Gasteiger partial charge is 0.492 e. The maximum atomic E-state index is 8.58. The minimum atomic E-state index is -3.83. The topological polar surface area (TPSA) is 113 Å². The van der Waals surface area contributed by atoms with Gasteiger partial charge in [-0.25, -0.2) is 0 Å². The lowest BCUT2D eigenvalue weighted by atomic mass is 10.2. The van der Waals surface area contributed by atoms with E-state index in [1.54, 1.807) is 0 Å². The molecule has 0 saturated heterocycles. The summed E-state index contributed by atoms with van der Waals surface area (Å²) >= 11 is 0. The van der Waals surface area contributed by atoms with Crippen molar-refractivity contribution in [3.63, 3.8) is 0 Å². The standard InChI is InChI=1S/C5H16N2O3Si.2ClH/c6-4-5(7)2-1-3-11(8,9)10;;/h5,8-10H,1-4,6-7H2;2*1H. The predicted octanol–water partition coefficient (Wildman–Crippen LogP) is -1.19. The number of hydrogen-bond donors (Lipinski definition) is 5. The van der Waals surface area contributed by atoms with Crippen LogP contribution < -0.4 is 11.5 Å². The van der Waals surface area contributed by atoms with Crippen LogP contribution in [0.2, 0.25) is 6.04 Å². The van der Waals surface area contributed by atoms with Gasteiger partial charge < -0.3 is 25.9 Å². The summed E-state index contributed by atoms with van der Waals surface area (Å²) in [5.74, 6) is 0. The van der Waals surface area contributed by atoms with E-state index in [9.17, 15) is 0 Å². The van der Waals surface area contributed by atoms with Crippen LogP contribution in [-0.2, 0) is 0 Å². The molecule has 84 valence electrons. The van der Waals surface area contributed by atoms with Crippen molar-refractivity contribution in [3.8, 4) is 0 Å². The van der Waals surface area contributed by atoms with Crippen LogP contribution in [0.25, 0.3) is 0 Å². The molecule has 7 N–H and O–H groups in total. The lowest BCUT2D eigenvalue weighted by molar-refractivity contribution is 0.225. The van der Waals surface area contributed by atoms with E-state index in [4.69, 9.17) is 25.9 Å². The van der Waals surface area contributed by atoms with Gasteiger partial charge in [-0.05, 0) is 12.8 Å². The van der Waals surface area contributed by atoms with Crippen LogP contribution in [0.15, 0.2) is 0 Å². The summed E-state index contributed by atoms with van der Waals surface area (Å²) in [6.45, 7) is 0.386. The Morgan fingerprint density at radius 1 is 1.15 bits per heavy atom. The molecule has 0 radical (unpaired) electrons. The van der Waals surface area contributed by atoms with Crippen LogP contribution in [0.4, 0.5) is 0 Å². The molecule has 0 heterocycles. The molecule has 0 aliphatic heterocycles. The molecule has 0 saturated carbocycles. The number of rotatable bonds is 5. The number of halogens is 2. The molecule has 0 rings (SSSR count). The van der Waals surface area contributed by atoms with Crippen LogP contribution in [0.3, 0.4) is 0 Å². The van der Waals surface area contributed by atoms with E-state index in [2.05, 4.69) is 0 Å². The van der Waals surface area contributed by atoms with Gasteiger partial charge in [-0.1, -0.05) is 0 Å². The monoisotopic (exact) mass is 252 g/mol. The van der Waals surface area contributed by atoms with Gasteiger partial charge in [0.15, 0.2) is 0 Å². The number of nitrogens with two attached hydrogens (primary N) is 2. The third-order valence-electron chi connectivity index (χ3n) is 1.39. The molecular weight excluding hydrogens is 235 g/mol. The van der Waals surface area contributed by atoms with Gasteiger partial charge in [-0.3, -0.25) is 0 Å². The Morgan fingerprint density at radius 3 is 1.92 bits per heavy atom. The average molecular weight is 253 g/mol. The molecular formula is C5H18Cl2N2O3Si. The molecule has 0 aromatic carbocycles. The summed E-state index contributed by atoms with van der Waals surface area (Å²) in [6.07, 6.45) is 1.13. The lowest BCUT2D eigenvalue weighted by Gasteiger charge is -2.11. The zero-order chi connectivity index (χ0) is 8.91. The van der Waals surface area contributed by atoms with E-state index in [1.165, 1.54) is 0 Å². The first-order valence-corrected chi connectivity index (χ1v) is 5.63. The maximum Gasteiger partial charge on any atom is 0.492 e. The second-order valence-corrected chi connectivity index (χ2v) is 4.71. The van der Waals surface area contributed by atoms with Crippen LogP contribution in [0.5, 0.6) is 0 Å². The highest BCUT2D eigenvalue weighted by Crippen LogP contribution is 2.05. The van der Waals surface area contributed by atoms with Crippen molar-refractivity contribution in [2.75, 3.05) is 6.54 Å². The van der Waals surface area contributed by atoms with Gasteiger partial charge in [-0.2, -0.15) is 0 Å². The summed E-state index contributed by atoms with van der Waals surface area (Å²) in [6, 6.07) is -0.0629. The van der Waals surface area contributed by atoms with Crippen LogP contribution >= 0.6 is 24.8 Å². The average Bonchev–Trinajstić information content (AvgIpc) is 1.85. The molecule has 0 aromatic rings. The van der Waals surface area contributed by atoms with Gasteiger partial charge in [0.2, 0.25) is 0 Å². The quantitative estimate of drug-likeness (QED) is 0.395. The third-order valence-corrected chi connectivity index (χ3v) is 2.41. The number of hydrogen-bond acceptors (Lipinski definition) is 5. The first-order chi connectivity index (χ1) is 4.95. The Balaban J connectivity index is -0.000000500. The van der Waals surface area contributed by atoms with Crippen molar-refractivity contribution < 1.29 is 14.4 Å². The minimum Gasteiger partial charge on any atom is -0.390 e. The van der Waals surface area contributed by atoms with Gasteiger partial charge in [0.05, 0.1) is 0 Å².